The average molecular weight is 561 g/mol. The second-order valence-electron chi connectivity index (χ2n) is 7.77. The van der Waals surface area contributed by atoms with E-state index in [1.165, 1.54) is 10.6 Å². The summed E-state index contributed by atoms with van der Waals surface area (Å²) < 4.78 is 42.5. The van der Waals surface area contributed by atoms with Gasteiger partial charge >= 0.3 is 6.18 Å². The fraction of sp³-hybridized carbons (Fsp3) is 0.160. The predicted molar refractivity (Wildman–Crippen MR) is 135 cm³/mol. The molecule has 1 heterocycles. The van der Waals surface area contributed by atoms with Gasteiger partial charge in [0.25, 0.3) is 0 Å². The topological polar surface area (TPSA) is 59.8 Å². The molecule has 0 fully saturated rings. The van der Waals surface area contributed by atoms with Gasteiger partial charge in [0.15, 0.2) is 11.0 Å². The van der Waals surface area contributed by atoms with E-state index in [-0.39, 0.29) is 17.3 Å². The van der Waals surface area contributed by atoms with Crippen molar-refractivity contribution in [2.45, 2.75) is 25.2 Å². The number of hydrogen-bond donors (Lipinski definition) is 1. The van der Waals surface area contributed by atoms with Crippen LogP contribution in [0.2, 0.25) is 0 Å². The van der Waals surface area contributed by atoms with Crippen LogP contribution in [-0.2, 0) is 11.0 Å². The summed E-state index contributed by atoms with van der Waals surface area (Å²) in [6, 6.07) is 17.9. The minimum atomic E-state index is -4.50. The molecular weight excluding hydrogens is 541 g/mol. The number of hydrogen-bond acceptors (Lipinski definition) is 4. The van der Waals surface area contributed by atoms with Crippen LogP contribution < -0.4 is 5.32 Å². The normalized spacial score (nSPS) is 11.5. The summed E-state index contributed by atoms with van der Waals surface area (Å²) in [7, 11) is 0. The number of aryl methyl sites for hydroxylation is 2. The van der Waals surface area contributed by atoms with Crippen molar-refractivity contribution in [2.75, 3.05) is 11.1 Å². The largest absolute Gasteiger partial charge is 0.416 e. The van der Waals surface area contributed by atoms with Crippen LogP contribution in [-0.4, -0.2) is 26.4 Å². The monoisotopic (exact) mass is 560 g/mol. The summed E-state index contributed by atoms with van der Waals surface area (Å²) in [5.41, 5.74) is 2.73. The maximum absolute atomic E-state index is 13.4. The zero-order chi connectivity index (χ0) is 25.2. The zero-order valence-electron chi connectivity index (χ0n) is 18.7. The number of aromatic nitrogens is 3. The molecule has 3 aromatic carbocycles. The average Bonchev–Trinajstić information content (AvgIpc) is 3.24. The van der Waals surface area contributed by atoms with E-state index in [0.29, 0.717) is 21.0 Å². The summed E-state index contributed by atoms with van der Waals surface area (Å²) in [4.78, 5) is 12.7. The van der Waals surface area contributed by atoms with Crippen molar-refractivity contribution >= 4 is 39.3 Å². The molecule has 1 N–H and O–H groups in total. The zero-order valence-corrected chi connectivity index (χ0v) is 21.1. The summed E-state index contributed by atoms with van der Waals surface area (Å²) in [5.74, 6) is 0.101. The van der Waals surface area contributed by atoms with E-state index >= 15 is 0 Å². The Morgan fingerprint density at radius 2 is 1.69 bits per heavy atom. The molecule has 0 atom stereocenters. The fourth-order valence-electron chi connectivity index (χ4n) is 3.55. The lowest BCUT2D eigenvalue weighted by atomic mass is 10.1. The van der Waals surface area contributed by atoms with Crippen LogP contribution >= 0.6 is 27.7 Å². The van der Waals surface area contributed by atoms with Crippen molar-refractivity contribution in [1.29, 1.82) is 0 Å². The highest BCUT2D eigenvalue weighted by molar-refractivity contribution is 9.10. The summed E-state index contributed by atoms with van der Waals surface area (Å²) in [6.07, 6.45) is -4.50. The molecule has 1 amide bonds. The lowest BCUT2D eigenvalue weighted by molar-refractivity contribution is -0.137. The Morgan fingerprint density at radius 1 is 1.00 bits per heavy atom. The van der Waals surface area contributed by atoms with Crippen molar-refractivity contribution in [1.82, 2.24) is 14.8 Å². The minimum absolute atomic E-state index is 0.000822. The van der Waals surface area contributed by atoms with Gasteiger partial charge in [-0.15, -0.1) is 10.2 Å². The molecule has 10 heteroatoms. The fourth-order valence-corrected chi connectivity index (χ4v) is 4.77. The highest BCUT2D eigenvalue weighted by Crippen LogP contribution is 2.35. The molecule has 4 rings (SSSR count). The number of carbonyl (C=O) groups excluding carboxylic acids is 1. The summed E-state index contributed by atoms with van der Waals surface area (Å²) in [5, 5.41) is 11.7. The van der Waals surface area contributed by atoms with Gasteiger partial charge in [-0.05, 0) is 49.2 Å². The number of carbonyl (C=O) groups is 1. The van der Waals surface area contributed by atoms with Crippen LogP contribution in [0.25, 0.3) is 17.1 Å². The van der Waals surface area contributed by atoms with Gasteiger partial charge in [-0.1, -0.05) is 70.2 Å². The molecule has 0 unspecified atom stereocenters. The Morgan fingerprint density at radius 3 is 2.37 bits per heavy atom. The summed E-state index contributed by atoms with van der Waals surface area (Å²) >= 11 is 4.57. The molecule has 0 bridgehead atoms. The van der Waals surface area contributed by atoms with Crippen LogP contribution in [0.15, 0.2) is 76.4 Å². The van der Waals surface area contributed by atoms with Gasteiger partial charge in [-0.3, -0.25) is 9.36 Å². The maximum Gasteiger partial charge on any atom is 0.416 e. The molecule has 180 valence electrons. The molecule has 0 saturated carbocycles. The van der Waals surface area contributed by atoms with E-state index in [1.807, 2.05) is 44.2 Å². The molecule has 4 aromatic rings. The Balaban J connectivity index is 1.69. The number of thioether (sulfide) groups is 1. The molecule has 0 aliphatic heterocycles. The van der Waals surface area contributed by atoms with Crippen molar-refractivity contribution < 1.29 is 18.0 Å². The third kappa shape index (κ3) is 5.59. The number of nitrogens with zero attached hydrogens (tertiary/aromatic N) is 3. The smallest absolute Gasteiger partial charge is 0.325 e. The Hall–Kier alpha value is -3.11. The highest BCUT2D eigenvalue weighted by Gasteiger charge is 2.31. The molecule has 0 radical (unpaired) electrons. The predicted octanol–water partition coefficient (Wildman–Crippen LogP) is 7.06. The van der Waals surface area contributed by atoms with Gasteiger partial charge in [-0.25, -0.2) is 0 Å². The van der Waals surface area contributed by atoms with Crippen molar-refractivity contribution in [2.24, 2.45) is 0 Å². The first-order valence-corrected chi connectivity index (χ1v) is 12.3. The minimum Gasteiger partial charge on any atom is -0.325 e. The van der Waals surface area contributed by atoms with Crippen molar-refractivity contribution in [3.8, 4) is 17.1 Å². The van der Waals surface area contributed by atoms with Crippen LogP contribution in [0.3, 0.4) is 0 Å². The SMILES string of the molecule is Cc1cccc(C)c1NC(=O)CSc1nnc(-c2ccccc2Br)n1-c1cccc(C(F)(F)F)c1. The number of rotatable bonds is 6. The number of para-hydroxylation sites is 1. The van der Waals surface area contributed by atoms with Gasteiger partial charge in [-0.2, -0.15) is 13.2 Å². The number of alkyl halides is 3. The van der Waals surface area contributed by atoms with E-state index in [1.54, 1.807) is 18.2 Å². The molecular formula is C25H20BrF3N4OS. The van der Waals surface area contributed by atoms with Crippen LogP contribution in [0.1, 0.15) is 16.7 Å². The third-order valence-electron chi connectivity index (χ3n) is 5.26. The second kappa shape index (κ2) is 10.2. The quantitative estimate of drug-likeness (QED) is 0.256. The van der Waals surface area contributed by atoms with E-state index < -0.39 is 11.7 Å². The molecule has 0 spiro atoms. The number of amides is 1. The second-order valence-corrected chi connectivity index (χ2v) is 9.57. The lowest BCUT2D eigenvalue weighted by Crippen LogP contribution is -2.16. The molecule has 1 aromatic heterocycles. The standard InChI is InChI=1S/C25H20BrF3N4OS/c1-15-7-5-8-16(2)22(15)30-21(34)14-35-24-32-31-23(19-11-3-4-12-20(19)26)33(24)18-10-6-9-17(13-18)25(27,28)29/h3-13H,14H2,1-2H3,(H,30,34). The van der Waals surface area contributed by atoms with E-state index in [2.05, 4.69) is 31.4 Å². The molecule has 5 nitrogen and oxygen atoms in total. The third-order valence-corrected chi connectivity index (χ3v) is 6.88. The maximum atomic E-state index is 13.4. The first kappa shape index (κ1) is 25.0. The van der Waals surface area contributed by atoms with Gasteiger partial charge in [0.2, 0.25) is 5.91 Å². The van der Waals surface area contributed by atoms with Crippen molar-refractivity contribution in [3.05, 3.63) is 87.9 Å². The number of benzene rings is 3. The lowest BCUT2D eigenvalue weighted by Gasteiger charge is -2.14. The van der Waals surface area contributed by atoms with Gasteiger partial charge in [0.1, 0.15) is 0 Å². The Kier molecular flexibility index (Phi) is 7.32. The number of nitrogens with one attached hydrogen (secondary N) is 1. The van der Waals surface area contributed by atoms with Gasteiger partial charge in [0, 0.05) is 15.7 Å². The molecule has 35 heavy (non-hydrogen) atoms. The van der Waals surface area contributed by atoms with Crippen LogP contribution in [0.5, 0.6) is 0 Å². The highest BCUT2D eigenvalue weighted by atomic mass is 79.9. The Labute approximate surface area is 212 Å². The first-order chi connectivity index (χ1) is 16.6. The Bertz CT molecular complexity index is 1370. The van der Waals surface area contributed by atoms with Gasteiger partial charge in [0.05, 0.1) is 17.0 Å². The number of halogens is 4. The van der Waals surface area contributed by atoms with Crippen LogP contribution in [0, 0.1) is 13.8 Å². The first-order valence-electron chi connectivity index (χ1n) is 10.5. The molecule has 0 aliphatic carbocycles. The van der Waals surface area contributed by atoms with Crippen LogP contribution in [0.4, 0.5) is 18.9 Å². The van der Waals surface area contributed by atoms with E-state index in [0.717, 1.165) is 40.7 Å². The van der Waals surface area contributed by atoms with E-state index in [9.17, 15) is 18.0 Å². The van der Waals surface area contributed by atoms with Gasteiger partial charge < -0.3 is 5.32 Å². The van der Waals surface area contributed by atoms with E-state index in [4.69, 9.17) is 0 Å². The number of anilines is 1. The summed E-state index contributed by atoms with van der Waals surface area (Å²) in [6.45, 7) is 3.81. The molecule has 0 aliphatic rings. The molecule has 0 saturated heterocycles. The van der Waals surface area contributed by atoms with Crippen molar-refractivity contribution in [3.63, 3.8) is 0 Å².